The van der Waals surface area contributed by atoms with E-state index in [1.165, 1.54) is 44.1 Å². The van der Waals surface area contributed by atoms with E-state index >= 15 is 0 Å². The molecule has 0 aromatic heterocycles. The van der Waals surface area contributed by atoms with Crippen LogP contribution in [-0.2, 0) is 6.54 Å². The fraction of sp³-hybridized carbons (Fsp3) is 0.647. The summed E-state index contributed by atoms with van der Waals surface area (Å²) >= 11 is 3.57. The van der Waals surface area contributed by atoms with Crippen molar-refractivity contribution in [2.75, 3.05) is 19.8 Å². The van der Waals surface area contributed by atoms with E-state index in [1.807, 2.05) is 0 Å². The molecule has 1 aromatic carbocycles. The Morgan fingerprint density at radius 1 is 1.10 bits per heavy atom. The van der Waals surface area contributed by atoms with Crippen molar-refractivity contribution in [3.63, 3.8) is 0 Å². The minimum atomic E-state index is 0.630. The van der Waals surface area contributed by atoms with Crippen LogP contribution < -0.4 is 14.8 Å². The third kappa shape index (κ3) is 4.13. The Kier molecular flexibility index (Phi) is 5.42. The molecule has 0 amide bonds. The lowest BCUT2D eigenvalue weighted by Gasteiger charge is -2.22. The molecule has 4 heteroatoms. The number of hydrogen-bond acceptors (Lipinski definition) is 3. The van der Waals surface area contributed by atoms with Crippen molar-refractivity contribution in [3.8, 4) is 11.5 Å². The van der Waals surface area contributed by atoms with Gasteiger partial charge in [-0.05, 0) is 52.5 Å². The fourth-order valence-electron chi connectivity index (χ4n) is 3.28. The van der Waals surface area contributed by atoms with Crippen molar-refractivity contribution in [2.24, 2.45) is 5.92 Å². The molecule has 1 fully saturated rings. The minimum absolute atomic E-state index is 0.630. The Bertz CT molecular complexity index is 472. The molecule has 1 aromatic rings. The highest BCUT2D eigenvalue weighted by Gasteiger charge is 2.16. The Morgan fingerprint density at radius 3 is 2.76 bits per heavy atom. The number of rotatable bonds is 5. The Morgan fingerprint density at radius 2 is 1.90 bits per heavy atom. The highest BCUT2D eigenvalue weighted by Crippen LogP contribution is 2.38. The number of halogens is 1. The molecule has 2 aliphatic rings. The van der Waals surface area contributed by atoms with Crippen LogP contribution in [0.25, 0.3) is 0 Å². The summed E-state index contributed by atoms with van der Waals surface area (Å²) in [7, 11) is 0. The van der Waals surface area contributed by atoms with E-state index in [9.17, 15) is 0 Å². The van der Waals surface area contributed by atoms with Crippen LogP contribution in [0, 0.1) is 5.92 Å². The van der Waals surface area contributed by atoms with E-state index < -0.39 is 0 Å². The van der Waals surface area contributed by atoms with E-state index in [1.54, 1.807) is 0 Å². The Hall–Kier alpha value is -0.740. The van der Waals surface area contributed by atoms with Crippen LogP contribution in [0.1, 0.15) is 44.1 Å². The molecule has 116 valence electrons. The van der Waals surface area contributed by atoms with Crippen molar-refractivity contribution in [1.82, 2.24) is 5.32 Å². The molecule has 1 saturated carbocycles. The average Bonchev–Trinajstić information content (AvgIpc) is 2.53. The molecule has 1 aliphatic carbocycles. The highest BCUT2D eigenvalue weighted by molar-refractivity contribution is 9.10. The standard InChI is InChI=1S/C17H24BrNO2/c18-15-10-14(11-16-17(15)21-9-8-20-16)12-19-7-6-13-4-2-1-3-5-13/h10-11,13,19H,1-9,12H2. The molecule has 3 nitrogen and oxygen atoms in total. The number of ether oxygens (including phenoxy) is 2. The van der Waals surface area contributed by atoms with Gasteiger partial charge >= 0.3 is 0 Å². The van der Waals surface area contributed by atoms with Gasteiger partial charge < -0.3 is 14.8 Å². The van der Waals surface area contributed by atoms with E-state index in [0.29, 0.717) is 13.2 Å². The molecule has 0 atom stereocenters. The maximum Gasteiger partial charge on any atom is 0.175 e. The number of hydrogen-bond donors (Lipinski definition) is 1. The zero-order valence-corrected chi connectivity index (χ0v) is 14.1. The van der Waals surface area contributed by atoms with Gasteiger partial charge in [-0.1, -0.05) is 32.1 Å². The minimum Gasteiger partial charge on any atom is -0.486 e. The molecular weight excluding hydrogens is 330 g/mol. The molecule has 1 N–H and O–H groups in total. The van der Waals surface area contributed by atoms with Gasteiger partial charge in [-0.15, -0.1) is 0 Å². The third-order valence-electron chi connectivity index (χ3n) is 4.44. The van der Waals surface area contributed by atoms with Crippen LogP contribution in [0.15, 0.2) is 16.6 Å². The second-order valence-corrected chi connectivity index (χ2v) is 6.93. The van der Waals surface area contributed by atoms with Crippen LogP contribution in [0.2, 0.25) is 0 Å². The molecule has 0 radical (unpaired) electrons. The average molecular weight is 354 g/mol. The second-order valence-electron chi connectivity index (χ2n) is 6.07. The SMILES string of the molecule is Brc1cc(CNCCC2CCCCC2)cc2c1OCCO2. The highest BCUT2D eigenvalue weighted by atomic mass is 79.9. The summed E-state index contributed by atoms with van der Waals surface area (Å²) in [5.74, 6) is 2.64. The second kappa shape index (κ2) is 7.50. The zero-order valence-electron chi connectivity index (χ0n) is 12.5. The van der Waals surface area contributed by atoms with Crippen molar-refractivity contribution < 1.29 is 9.47 Å². The fourth-order valence-corrected chi connectivity index (χ4v) is 3.88. The summed E-state index contributed by atoms with van der Waals surface area (Å²) in [6, 6.07) is 4.22. The summed E-state index contributed by atoms with van der Waals surface area (Å²) in [6.07, 6.45) is 8.47. The zero-order chi connectivity index (χ0) is 14.5. The summed E-state index contributed by atoms with van der Waals surface area (Å²) in [5, 5.41) is 3.57. The predicted molar refractivity (Wildman–Crippen MR) is 88.0 cm³/mol. The van der Waals surface area contributed by atoms with Crippen LogP contribution in [0.4, 0.5) is 0 Å². The number of fused-ring (bicyclic) bond motifs is 1. The third-order valence-corrected chi connectivity index (χ3v) is 5.03. The summed E-state index contributed by atoms with van der Waals surface area (Å²) in [4.78, 5) is 0. The Balaban J connectivity index is 1.47. The number of benzene rings is 1. The normalized spacial score (nSPS) is 18.7. The van der Waals surface area contributed by atoms with Gasteiger partial charge in [0.25, 0.3) is 0 Å². The first-order valence-electron chi connectivity index (χ1n) is 8.11. The van der Waals surface area contributed by atoms with Crippen LogP contribution in [0.5, 0.6) is 11.5 Å². The van der Waals surface area contributed by atoms with Gasteiger partial charge in [-0.2, -0.15) is 0 Å². The molecule has 21 heavy (non-hydrogen) atoms. The molecule has 0 spiro atoms. The monoisotopic (exact) mass is 353 g/mol. The summed E-state index contributed by atoms with van der Waals surface area (Å²) in [6.45, 7) is 3.27. The molecular formula is C17H24BrNO2. The maximum atomic E-state index is 5.66. The topological polar surface area (TPSA) is 30.5 Å². The van der Waals surface area contributed by atoms with E-state index in [2.05, 4.69) is 33.4 Å². The van der Waals surface area contributed by atoms with E-state index in [-0.39, 0.29) is 0 Å². The largest absolute Gasteiger partial charge is 0.486 e. The smallest absolute Gasteiger partial charge is 0.175 e. The van der Waals surface area contributed by atoms with E-state index in [4.69, 9.17) is 9.47 Å². The van der Waals surface area contributed by atoms with Crippen LogP contribution in [0.3, 0.4) is 0 Å². The van der Waals surface area contributed by atoms with Crippen molar-refractivity contribution in [2.45, 2.75) is 45.1 Å². The maximum absolute atomic E-state index is 5.66. The molecule has 0 saturated heterocycles. The van der Waals surface area contributed by atoms with Gasteiger partial charge in [0, 0.05) is 6.54 Å². The van der Waals surface area contributed by atoms with Crippen LogP contribution >= 0.6 is 15.9 Å². The van der Waals surface area contributed by atoms with Gasteiger partial charge in [0.15, 0.2) is 11.5 Å². The lowest BCUT2D eigenvalue weighted by Crippen LogP contribution is -2.20. The summed E-state index contributed by atoms with van der Waals surface area (Å²) in [5.41, 5.74) is 1.25. The van der Waals surface area contributed by atoms with Crippen molar-refractivity contribution in [3.05, 3.63) is 22.2 Å². The molecule has 0 unspecified atom stereocenters. The molecule has 3 rings (SSSR count). The van der Waals surface area contributed by atoms with E-state index in [0.717, 1.165) is 35.0 Å². The lowest BCUT2D eigenvalue weighted by atomic mass is 9.87. The lowest BCUT2D eigenvalue weighted by molar-refractivity contribution is 0.170. The first kappa shape index (κ1) is 15.2. The van der Waals surface area contributed by atoms with Gasteiger partial charge in [-0.3, -0.25) is 0 Å². The van der Waals surface area contributed by atoms with Gasteiger partial charge in [0.2, 0.25) is 0 Å². The van der Waals surface area contributed by atoms with Gasteiger partial charge in [0.1, 0.15) is 13.2 Å². The molecule has 1 heterocycles. The molecule has 0 bridgehead atoms. The van der Waals surface area contributed by atoms with Gasteiger partial charge in [-0.25, -0.2) is 0 Å². The first-order valence-corrected chi connectivity index (χ1v) is 8.91. The molecule has 1 aliphatic heterocycles. The van der Waals surface area contributed by atoms with Gasteiger partial charge in [0.05, 0.1) is 4.47 Å². The Labute approximate surface area is 135 Å². The van der Waals surface area contributed by atoms with Crippen LogP contribution in [-0.4, -0.2) is 19.8 Å². The quantitative estimate of drug-likeness (QED) is 0.801. The summed E-state index contributed by atoms with van der Waals surface area (Å²) < 4.78 is 12.3. The predicted octanol–water partition coefficient (Wildman–Crippen LogP) is 4.28. The first-order chi connectivity index (χ1) is 10.3. The van der Waals surface area contributed by atoms with Crippen molar-refractivity contribution in [1.29, 1.82) is 0 Å². The van der Waals surface area contributed by atoms with Crippen molar-refractivity contribution >= 4 is 15.9 Å². The number of nitrogens with one attached hydrogen (secondary N) is 1.